The van der Waals surface area contributed by atoms with Gasteiger partial charge in [0.1, 0.15) is 5.82 Å². The van der Waals surface area contributed by atoms with E-state index in [1.807, 2.05) is 30.3 Å². The summed E-state index contributed by atoms with van der Waals surface area (Å²) >= 11 is 0. The predicted molar refractivity (Wildman–Crippen MR) is 76.8 cm³/mol. The first kappa shape index (κ1) is 13.2. The van der Waals surface area contributed by atoms with E-state index in [0.717, 1.165) is 5.56 Å². The third-order valence-corrected chi connectivity index (χ3v) is 3.41. The number of amides is 2. The molecule has 21 heavy (non-hydrogen) atoms. The normalized spacial score (nSPS) is 17.8. The van der Waals surface area contributed by atoms with Crippen molar-refractivity contribution in [2.75, 3.05) is 5.73 Å². The van der Waals surface area contributed by atoms with Crippen molar-refractivity contribution in [1.82, 2.24) is 15.3 Å². The van der Waals surface area contributed by atoms with Gasteiger partial charge in [-0.15, -0.1) is 0 Å². The third kappa shape index (κ3) is 2.74. The molecule has 1 saturated heterocycles. The molecule has 2 amide bonds. The lowest BCUT2D eigenvalue weighted by atomic mass is 10.0. The Labute approximate surface area is 121 Å². The molecule has 1 aromatic carbocycles. The van der Waals surface area contributed by atoms with Crippen LogP contribution in [0.4, 0.5) is 5.69 Å². The molecule has 6 nitrogen and oxygen atoms in total. The summed E-state index contributed by atoms with van der Waals surface area (Å²) in [6.07, 6.45) is 2.06. The van der Waals surface area contributed by atoms with Crippen molar-refractivity contribution in [3.8, 4) is 11.3 Å². The van der Waals surface area contributed by atoms with Crippen molar-refractivity contribution in [3.05, 3.63) is 42.4 Å². The van der Waals surface area contributed by atoms with Gasteiger partial charge in [0, 0.05) is 18.4 Å². The minimum atomic E-state index is -0.398. The summed E-state index contributed by atoms with van der Waals surface area (Å²) in [5, 5.41) is 2.29. The van der Waals surface area contributed by atoms with Crippen LogP contribution in [0, 0.1) is 5.92 Å². The van der Waals surface area contributed by atoms with Gasteiger partial charge in [0.2, 0.25) is 11.8 Å². The second-order valence-electron chi connectivity index (χ2n) is 4.97. The van der Waals surface area contributed by atoms with E-state index in [1.165, 1.54) is 0 Å². The number of rotatable bonds is 3. The number of nitrogens with one attached hydrogen (secondary N) is 1. The summed E-state index contributed by atoms with van der Waals surface area (Å²) in [6, 6.07) is 9.54. The van der Waals surface area contributed by atoms with Gasteiger partial charge in [-0.3, -0.25) is 14.9 Å². The van der Waals surface area contributed by atoms with E-state index in [2.05, 4.69) is 15.3 Å². The van der Waals surface area contributed by atoms with Gasteiger partial charge < -0.3 is 5.73 Å². The highest BCUT2D eigenvalue weighted by molar-refractivity contribution is 6.03. The minimum Gasteiger partial charge on any atom is -0.396 e. The van der Waals surface area contributed by atoms with E-state index in [-0.39, 0.29) is 18.2 Å². The van der Waals surface area contributed by atoms with Crippen LogP contribution in [0.15, 0.2) is 36.5 Å². The molecule has 3 rings (SSSR count). The lowest BCUT2D eigenvalue weighted by Gasteiger charge is -2.09. The number of nitrogen functional groups attached to an aromatic ring is 1. The van der Waals surface area contributed by atoms with Crippen LogP contribution < -0.4 is 11.1 Å². The molecule has 1 fully saturated rings. The lowest BCUT2D eigenvalue weighted by Crippen LogP contribution is -2.23. The van der Waals surface area contributed by atoms with Crippen molar-refractivity contribution in [2.24, 2.45) is 5.92 Å². The van der Waals surface area contributed by atoms with Crippen molar-refractivity contribution >= 4 is 17.5 Å². The molecule has 1 aliphatic heterocycles. The Bertz CT molecular complexity index is 700. The Hall–Kier alpha value is -2.76. The highest BCUT2D eigenvalue weighted by atomic mass is 16.2. The number of aromatic nitrogens is 2. The molecule has 6 heteroatoms. The van der Waals surface area contributed by atoms with Crippen LogP contribution in [0.3, 0.4) is 0 Å². The average molecular weight is 282 g/mol. The smallest absolute Gasteiger partial charge is 0.230 e. The topological polar surface area (TPSA) is 98.0 Å². The van der Waals surface area contributed by atoms with Crippen molar-refractivity contribution in [3.63, 3.8) is 0 Å². The summed E-state index contributed by atoms with van der Waals surface area (Å²) in [4.78, 5) is 31.4. The van der Waals surface area contributed by atoms with Gasteiger partial charge in [-0.25, -0.2) is 9.97 Å². The fraction of sp³-hybridized carbons (Fsp3) is 0.200. The molecule has 2 aromatic rings. The van der Waals surface area contributed by atoms with Crippen LogP contribution in [-0.4, -0.2) is 21.8 Å². The number of imide groups is 1. The molecule has 1 unspecified atom stereocenters. The zero-order valence-electron chi connectivity index (χ0n) is 11.2. The molecule has 0 bridgehead atoms. The minimum absolute atomic E-state index is 0.188. The van der Waals surface area contributed by atoms with Gasteiger partial charge >= 0.3 is 0 Å². The van der Waals surface area contributed by atoms with Gasteiger partial charge in [-0.1, -0.05) is 30.3 Å². The molecule has 2 heterocycles. The molecule has 106 valence electrons. The largest absolute Gasteiger partial charge is 0.396 e. The Morgan fingerprint density at radius 2 is 2.00 bits per heavy atom. The Kier molecular flexibility index (Phi) is 3.35. The summed E-state index contributed by atoms with van der Waals surface area (Å²) < 4.78 is 0. The number of carbonyl (C=O) groups is 2. The number of benzene rings is 1. The summed E-state index contributed by atoms with van der Waals surface area (Å²) in [7, 11) is 0. The molecular formula is C15H14N4O2. The second-order valence-corrected chi connectivity index (χ2v) is 4.97. The molecule has 0 saturated carbocycles. The lowest BCUT2D eigenvalue weighted by molar-refractivity contribution is -0.125. The van der Waals surface area contributed by atoms with Gasteiger partial charge in [0.15, 0.2) is 0 Å². The SMILES string of the molecule is Nc1cnc(CC2CC(=O)NC2=O)nc1-c1ccccc1. The van der Waals surface area contributed by atoms with Crippen LogP contribution in [0.25, 0.3) is 11.3 Å². The zero-order valence-corrected chi connectivity index (χ0v) is 11.2. The van der Waals surface area contributed by atoms with Crippen molar-refractivity contribution in [2.45, 2.75) is 12.8 Å². The maximum Gasteiger partial charge on any atom is 0.230 e. The van der Waals surface area contributed by atoms with Crippen LogP contribution in [0.2, 0.25) is 0 Å². The fourth-order valence-electron chi connectivity index (χ4n) is 2.35. The Morgan fingerprint density at radius 3 is 2.67 bits per heavy atom. The van der Waals surface area contributed by atoms with E-state index >= 15 is 0 Å². The number of anilines is 1. The standard InChI is InChI=1S/C15H14N4O2/c16-11-8-17-12(6-10-7-13(20)19-15(10)21)18-14(11)9-4-2-1-3-5-9/h1-5,8,10H,6-7,16H2,(H,19,20,21). The average Bonchev–Trinajstić information content (AvgIpc) is 2.80. The van der Waals surface area contributed by atoms with Crippen LogP contribution in [-0.2, 0) is 16.0 Å². The maximum absolute atomic E-state index is 11.6. The molecule has 0 aliphatic carbocycles. The molecule has 1 atom stereocenters. The van der Waals surface area contributed by atoms with E-state index in [0.29, 0.717) is 23.6 Å². The number of nitrogens with zero attached hydrogens (tertiary/aromatic N) is 2. The molecule has 1 aromatic heterocycles. The number of nitrogens with two attached hydrogens (primary N) is 1. The highest BCUT2D eigenvalue weighted by Gasteiger charge is 2.31. The molecular weight excluding hydrogens is 268 g/mol. The van der Waals surface area contributed by atoms with Gasteiger partial charge in [0.05, 0.1) is 23.5 Å². The van der Waals surface area contributed by atoms with E-state index in [9.17, 15) is 9.59 Å². The molecule has 3 N–H and O–H groups in total. The number of hydrogen-bond donors (Lipinski definition) is 2. The van der Waals surface area contributed by atoms with Gasteiger partial charge in [-0.2, -0.15) is 0 Å². The fourth-order valence-corrected chi connectivity index (χ4v) is 2.35. The predicted octanol–water partition coefficient (Wildman–Crippen LogP) is 0.931. The number of carbonyl (C=O) groups excluding carboxylic acids is 2. The van der Waals surface area contributed by atoms with Crippen molar-refractivity contribution < 1.29 is 9.59 Å². The second kappa shape index (κ2) is 5.32. The van der Waals surface area contributed by atoms with E-state index < -0.39 is 5.92 Å². The molecule has 0 spiro atoms. The summed E-state index contributed by atoms with van der Waals surface area (Å²) in [5.41, 5.74) is 7.94. The first-order chi connectivity index (χ1) is 10.1. The Morgan fingerprint density at radius 1 is 1.24 bits per heavy atom. The zero-order chi connectivity index (χ0) is 14.8. The van der Waals surface area contributed by atoms with Gasteiger partial charge in [0.25, 0.3) is 0 Å². The number of hydrogen-bond acceptors (Lipinski definition) is 5. The van der Waals surface area contributed by atoms with Crippen molar-refractivity contribution in [1.29, 1.82) is 0 Å². The summed E-state index contributed by atoms with van der Waals surface area (Å²) in [6.45, 7) is 0. The quantitative estimate of drug-likeness (QED) is 0.816. The third-order valence-electron chi connectivity index (χ3n) is 3.41. The maximum atomic E-state index is 11.6. The molecule has 1 aliphatic rings. The van der Waals surface area contributed by atoms with E-state index in [4.69, 9.17) is 5.73 Å². The Balaban J connectivity index is 1.88. The highest BCUT2D eigenvalue weighted by Crippen LogP contribution is 2.24. The van der Waals surface area contributed by atoms with E-state index in [1.54, 1.807) is 6.20 Å². The van der Waals surface area contributed by atoms with Crippen LogP contribution in [0.5, 0.6) is 0 Å². The first-order valence-corrected chi connectivity index (χ1v) is 6.64. The first-order valence-electron chi connectivity index (χ1n) is 6.64. The monoisotopic (exact) mass is 282 g/mol. The molecule has 0 radical (unpaired) electrons. The summed E-state index contributed by atoms with van der Waals surface area (Å²) in [5.74, 6) is -0.395. The van der Waals surface area contributed by atoms with Crippen LogP contribution >= 0.6 is 0 Å². The van der Waals surface area contributed by atoms with Crippen LogP contribution in [0.1, 0.15) is 12.2 Å². The van der Waals surface area contributed by atoms with Gasteiger partial charge in [-0.05, 0) is 0 Å².